The van der Waals surface area contributed by atoms with Crippen molar-refractivity contribution in [3.05, 3.63) is 28.7 Å². The Balaban J connectivity index is 3.12. The zero-order valence-corrected chi connectivity index (χ0v) is 8.88. The van der Waals surface area contributed by atoms with Crippen LogP contribution in [0.5, 0.6) is 0 Å². The van der Waals surface area contributed by atoms with Gasteiger partial charge in [0.25, 0.3) is 0 Å². The van der Waals surface area contributed by atoms with E-state index in [1.165, 1.54) is 7.11 Å². The molecule has 12 heavy (non-hydrogen) atoms. The average molecular weight is 251 g/mol. The van der Waals surface area contributed by atoms with E-state index in [-0.39, 0.29) is 0 Å². The topological polar surface area (TPSA) is 46.5 Å². The maximum Gasteiger partial charge on any atom is 0.358 e. The van der Waals surface area contributed by atoms with E-state index >= 15 is 0 Å². The average Bonchev–Trinajstić information content (AvgIpc) is 2.05. The number of hydrogen-bond acceptors (Lipinski definition) is 2. The van der Waals surface area contributed by atoms with Crippen molar-refractivity contribution in [1.82, 2.24) is 0 Å². The molecule has 0 aliphatic rings. The van der Waals surface area contributed by atoms with E-state index in [0.29, 0.717) is 5.30 Å². The Morgan fingerprint density at radius 2 is 2.25 bits per heavy atom. The summed E-state index contributed by atoms with van der Waals surface area (Å²) in [4.78, 5) is 9.23. The third kappa shape index (κ3) is 2.17. The summed E-state index contributed by atoms with van der Waals surface area (Å²) in [5, 5.41) is 0.291. The van der Waals surface area contributed by atoms with Crippen molar-refractivity contribution >= 4 is 28.8 Å². The minimum absolute atomic E-state index is 0.291. The van der Waals surface area contributed by atoms with E-state index in [9.17, 15) is 9.46 Å². The second-order valence-corrected chi connectivity index (χ2v) is 5.02. The first-order valence-electron chi connectivity index (χ1n) is 3.21. The van der Waals surface area contributed by atoms with Crippen LogP contribution in [-0.2, 0) is 9.09 Å². The van der Waals surface area contributed by atoms with Crippen molar-refractivity contribution < 1.29 is 14.0 Å². The highest BCUT2D eigenvalue weighted by atomic mass is 79.9. The molecule has 5 heteroatoms. The predicted molar refractivity (Wildman–Crippen MR) is 50.6 cm³/mol. The molecule has 0 spiro atoms. The van der Waals surface area contributed by atoms with Gasteiger partial charge in [0, 0.05) is 11.6 Å². The first kappa shape index (κ1) is 9.93. The second kappa shape index (κ2) is 3.71. The summed E-state index contributed by atoms with van der Waals surface area (Å²) >= 11 is 3.20. The smallest absolute Gasteiger partial charge is 0.321 e. The Bertz CT molecular complexity index is 326. The molecule has 0 saturated heterocycles. The van der Waals surface area contributed by atoms with Crippen LogP contribution in [0.15, 0.2) is 28.7 Å². The van der Waals surface area contributed by atoms with Gasteiger partial charge >= 0.3 is 7.60 Å². The highest BCUT2D eigenvalue weighted by Crippen LogP contribution is 2.39. The van der Waals surface area contributed by atoms with E-state index < -0.39 is 7.60 Å². The molecule has 0 saturated carbocycles. The van der Waals surface area contributed by atoms with Crippen LogP contribution in [0.25, 0.3) is 0 Å². The Morgan fingerprint density at radius 3 is 2.75 bits per heavy atom. The molecule has 0 bridgehead atoms. The van der Waals surface area contributed by atoms with E-state index in [2.05, 4.69) is 20.5 Å². The Kier molecular flexibility index (Phi) is 3.07. The number of rotatable bonds is 2. The molecule has 0 aliphatic carbocycles. The molecule has 3 nitrogen and oxygen atoms in total. The monoisotopic (exact) mass is 250 g/mol. The van der Waals surface area contributed by atoms with Crippen LogP contribution in [0.2, 0.25) is 0 Å². The largest absolute Gasteiger partial charge is 0.358 e. The van der Waals surface area contributed by atoms with Crippen LogP contribution < -0.4 is 5.30 Å². The lowest BCUT2D eigenvalue weighted by atomic mass is 10.4. The first-order valence-corrected chi connectivity index (χ1v) is 5.58. The number of halogens is 1. The van der Waals surface area contributed by atoms with Crippen LogP contribution in [0.1, 0.15) is 0 Å². The van der Waals surface area contributed by atoms with Gasteiger partial charge in [-0.2, -0.15) is 0 Å². The van der Waals surface area contributed by atoms with E-state index in [1.807, 2.05) is 0 Å². The third-order valence-corrected chi connectivity index (χ3v) is 3.30. The van der Waals surface area contributed by atoms with Gasteiger partial charge in [0.2, 0.25) is 0 Å². The van der Waals surface area contributed by atoms with Gasteiger partial charge in [0.1, 0.15) is 0 Å². The molecular weight excluding hydrogens is 243 g/mol. The molecule has 1 aromatic carbocycles. The normalized spacial score (nSPS) is 15.6. The van der Waals surface area contributed by atoms with Crippen LogP contribution in [0.4, 0.5) is 0 Å². The molecule has 1 rings (SSSR count). The summed E-state index contributed by atoms with van der Waals surface area (Å²) in [6.45, 7) is 0. The van der Waals surface area contributed by atoms with Crippen LogP contribution in [0.3, 0.4) is 0 Å². The third-order valence-electron chi connectivity index (χ3n) is 1.38. The lowest BCUT2D eigenvalue weighted by molar-refractivity contribution is 0.328. The summed E-state index contributed by atoms with van der Waals surface area (Å²) in [5.41, 5.74) is 0. The van der Waals surface area contributed by atoms with Gasteiger partial charge in [-0.1, -0.05) is 22.0 Å². The zero-order valence-electron chi connectivity index (χ0n) is 6.40. The maximum absolute atomic E-state index is 11.2. The van der Waals surface area contributed by atoms with Gasteiger partial charge in [-0.3, -0.25) is 4.57 Å². The fraction of sp³-hybridized carbons (Fsp3) is 0.143. The standard InChI is InChI=1S/C7H8BrO3P/c1-11-12(9,10)7-4-2-3-6(8)5-7/h2-5H,1H3,(H,9,10). The SMILES string of the molecule is COP(=O)(O)c1cccc(Br)c1. The predicted octanol–water partition coefficient (Wildman–Crippen LogP) is 1.91. The minimum atomic E-state index is -3.58. The van der Waals surface area contributed by atoms with Crippen molar-refractivity contribution in [2.45, 2.75) is 0 Å². The minimum Gasteiger partial charge on any atom is -0.321 e. The quantitative estimate of drug-likeness (QED) is 0.816. The molecule has 0 amide bonds. The van der Waals surface area contributed by atoms with Gasteiger partial charge in [-0.15, -0.1) is 0 Å². The number of hydrogen-bond donors (Lipinski definition) is 1. The van der Waals surface area contributed by atoms with Gasteiger partial charge < -0.3 is 9.42 Å². The summed E-state index contributed by atoms with van der Waals surface area (Å²) in [7, 11) is -2.37. The van der Waals surface area contributed by atoms with E-state index in [0.717, 1.165) is 4.47 Å². The van der Waals surface area contributed by atoms with Gasteiger partial charge in [0.05, 0.1) is 5.30 Å². The van der Waals surface area contributed by atoms with Crippen molar-refractivity contribution in [1.29, 1.82) is 0 Å². The maximum atomic E-state index is 11.2. The molecule has 0 aliphatic heterocycles. The molecule has 1 unspecified atom stereocenters. The molecule has 1 N–H and O–H groups in total. The molecular formula is C7H8BrO3P. The molecule has 0 radical (unpaired) electrons. The second-order valence-electron chi connectivity index (χ2n) is 2.18. The molecule has 0 aromatic heterocycles. The van der Waals surface area contributed by atoms with Gasteiger partial charge in [-0.05, 0) is 18.2 Å². The van der Waals surface area contributed by atoms with Crippen molar-refractivity contribution in [2.24, 2.45) is 0 Å². The molecule has 0 fully saturated rings. The summed E-state index contributed by atoms with van der Waals surface area (Å²) < 4.78 is 16.5. The Labute approximate surface area is 79.0 Å². The summed E-state index contributed by atoms with van der Waals surface area (Å²) in [6.07, 6.45) is 0. The Morgan fingerprint density at radius 1 is 1.58 bits per heavy atom. The van der Waals surface area contributed by atoms with Crippen LogP contribution in [-0.4, -0.2) is 12.0 Å². The number of benzene rings is 1. The van der Waals surface area contributed by atoms with E-state index in [1.54, 1.807) is 24.3 Å². The highest BCUT2D eigenvalue weighted by molar-refractivity contribution is 9.10. The molecule has 66 valence electrons. The lowest BCUT2D eigenvalue weighted by Crippen LogP contribution is -2.04. The van der Waals surface area contributed by atoms with E-state index in [4.69, 9.17) is 0 Å². The molecule has 1 atom stereocenters. The molecule has 0 heterocycles. The van der Waals surface area contributed by atoms with Crippen molar-refractivity contribution in [3.63, 3.8) is 0 Å². The van der Waals surface area contributed by atoms with Gasteiger partial charge in [0.15, 0.2) is 0 Å². The van der Waals surface area contributed by atoms with Crippen molar-refractivity contribution in [2.75, 3.05) is 7.11 Å². The van der Waals surface area contributed by atoms with Gasteiger partial charge in [-0.25, -0.2) is 0 Å². The van der Waals surface area contributed by atoms with Crippen LogP contribution >= 0.6 is 23.5 Å². The summed E-state index contributed by atoms with van der Waals surface area (Å²) in [5.74, 6) is 0. The lowest BCUT2D eigenvalue weighted by Gasteiger charge is -2.08. The Hall–Kier alpha value is -0.150. The first-order chi connectivity index (χ1) is 5.56. The fourth-order valence-corrected chi connectivity index (χ4v) is 2.12. The van der Waals surface area contributed by atoms with Crippen molar-refractivity contribution in [3.8, 4) is 0 Å². The fourth-order valence-electron chi connectivity index (χ4n) is 0.757. The highest BCUT2D eigenvalue weighted by Gasteiger charge is 2.20. The summed E-state index contributed by atoms with van der Waals surface area (Å²) in [6, 6.07) is 6.57. The molecule has 1 aromatic rings. The van der Waals surface area contributed by atoms with Crippen LogP contribution in [0, 0.1) is 0 Å². The zero-order chi connectivity index (χ0) is 9.19.